The van der Waals surface area contributed by atoms with Crippen LogP contribution in [0.25, 0.3) is 10.8 Å². The molecule has 3 rings (SSSR count). The summed E-state index contributed by atoms with van der Waals surface area (Å²) < 4.78 is 0. The van der Waals surface area contributed by atoms with Gasteiger partial charge in [-0.05, 0) is 48.0 Å². The number of rotatable bonds is 8. The number of pyridine rings is 1. The molecule has 0 saturated carbocycles. The minimum absolute atomic E-state index is 0.131. The number of fused-ring (bicyclic) bond motifs is 1. The van der Waals surface area contributed by atoms with Gasteiger partial charge in [-0.2, -0.15) is 0 Å². The Balaban J connectivity index is 1.80. The summed E-state index contributed by atoms with van der Waals surface area (Å²) in [5.41, 5.74) is 2.87. The molecule has 1 atom stereocenters. The Hall–Kier alpha value is -2.85. The molecular weight excluding hydrogens is 336 g/mol. The lowest BCUT2D eigenvalue weighted by molar-refractivity contribution is -0.120. The van der Waals surface area contributed by atoms with Crippen LogP contribution in [0.4, 0.5) is 0 Å². The highest BCUT2D eigenvalue weighted by molar-refractivity contribution is 5.92. The number of carbonyl (C=O) groups is 2. The van der Waals surface area contributed by atoms with Gasteiger partial charge >= 0.3 is 0 Å². The number of nitrogens with one attached hydrogen (secondary N) is 1. The van der Waals surface area contributed by atoms with Crippen molar-refractivity contribution in [2.24, 2.45) is 0 Å². The Morgan fingerprint density at radius 2 is 1.89 bits per heavy atom. The maximum Gasteiger partial charge on any atom is 0.154 e. The third kappa shape index (κ3) is 4.86. The SMILES string of the molecule is CN[C@@H](Cc1ccccn1)C(=O)Cc1ccc2cccc(CC(C)=O)c2c1. The third-order valence-electron chi connectivity index (χ3n) is 4.73. The zero-order valence-corrected chi connectivity index (χ0v) is 15.7. The summed E-state index contributed by atoms with van der Waals surface area (Å²) >= 11 is 0. The summed E-state index contributed by atoms with van der Waals surface area (Å²) in [6.45, 7) is 1.60. The van der Waals surface area contributed by atoms with E-state index in [9.17, 15) is 9.59 Å². The summed E-state index contributed by atoms with van der Waals surface area (Å²) in [6, 6.07) is 17.5. The fraction of sp³-hybridized carbons (Fsp3) is 0.261. The Morgan fingerprint density at radius 1 is 1.04 bits per heavy atom. The van der Waals surface area contributed by atoms with Gasteiger partial charge in [0, 0.05) is 31.2 Å². The molecule has 0 aliphatic heterocycles. The summed E-state index contributed by atoms with van der Waals surface area (Å²) in [7, 11) is 1.80. The molecule has 0 amide bonds. The topological polar surface area (TPSA) is 59.1 Å². The van der Waals surface area contributed by atoms with Gasteiger partial charge in [0.05, 0.1) is 6.04 Å². The highest BCUT2D eigenvalue weighted by Gasteiger charge is 2.18. The number of Topliss-reactive ketones (excluding diaryl/α,β-unsaturated/α-hetero) is 2. The average Bonchev–Trinajstić information content (AvgIpc) is 2.67. The number of aromatic nitrogens is 1. The lowest BCUT2D eigenvalue weighted by atomic mass is 9.95. The van der Waals surface area contributed by atoms with E-state index in [1.165, 1.54) is 0 Å². The third-order valence-corrected chi connectivity index (χ3v) is 4.73. The van der Waals surface area contributed by atoms with Gasteiger partial charge in [-0.1, -0.05) is 42.5 Å². The van der Waals surface area contributed by atoms with E-state index in [2.05, 4.69) is 10.3 Å². The Morgan fingerprint density at radius 3 is 2.59 bits per heavy atom. The standard InChI is InChI=1S/C23H24N2O2/c1-16(26)12-19-7-5-6-18-10-9-17(13-21(18)19)14-23(27)22(24-2)15-20-8-3-4-11-25-20/h3-11,13,22,24H,12,14-15H2,1-2H3/t22-/m0/s1. The molecule has 1 N–H and O–H groups in total. The van der Waals surface area contributed by atoms with Gasteiger partial charge in [-0.3, -0.25) is 14.6 Å². The number of hydrogen-bond donors (Lipinski definition) is 1. The number of likely N-dealkylation sites (N-methyl/N-ethyl adjacent to an activating group) is 1. The van der Waals surface area contributed by atoms with Crippen LogP contribution >= 0.6 is 0 Å². The summed E-state index contributed by atoms with van der Waals surface area (Å²) in [5, 5.41) is 5.24. The monoisotopic (exact) mass is 360 g/mol. The van der Waals surface area contributed by atoms with Gasteiger partial charge < -0.3 is 5.32 Å². The second-order valence-electron chi connectivity index (χ2n) is 6.86. The molecule has 0 aliphatic carbocycles. The lowest BCUT2D eigenvalue weighted by Crippen LogP contribution is -2.37. The zero-order chi connectivity index (χ0) is 19.2. The number of ketones is 2. The highest BCUT2D eigenvalue weighted by atomic mass is 16.1. The average molecular weight is 360 g/mol. The van der Waals surface area contributed by atoms with E-state index in [4.69, 9.17) is 0 Å². The smallest absolute Gasteiger partial charge is 0.154 e. The predicted octanol–water partition coefficient (Wildman–Crippen LogP) is 3.31. The summed E-state index contributed by atoms with van der Waals surface area (Å²) in [4.78, 5) is 28.7. The molecule has 4 heteroatoms. The molecule has 0 spiro atoms. The van der Waals surface area contributed by atoms with Crippen molar-refractivity contribution in [2.45, 2.75) is 32.2 Å². The molecule has 2 aromatic carbocycles. The first kappa shape index (κ1) is 18.9. The summed E-state index contributed by atoms with van der Waals surface area (Å²) in [5.74, 6) is 0.265. The van der Waals surface area contributed by atoms with Gasteiger partial charge in [0.2, 0.25) is 0 Å². The minimum atomic E-state index is -0.275. The molecule has 0 bridgehead atoms. The number of benzene rings is 2. The van der Waals surface area contributed by atoms with Crippen molar-refractivity contribution in [1.29, 1.82) is 0 Å². The molecule has 0 saturated heterocycles. The van der Waals surface area contributed by atoms with Gasteiger partial charge in [0.1, 0.15) is 5.78 Å². The van der Waals surface area contributed by atoms with Crippen molar-refractivity contribution < 1.29 is 9.59 Å². The van der Waals surface area contributed by atoms with Crippen molar-refractivity contribution in [2.75, 3.05) is 7.05 Å². The van der Waals surface area contributed by atoms with Crippen LogP contribution in [0.3, 0.4) is 0 Å². The van der Waals surface area contributed by atoms with Gasteiger partial charge in [0.25, 0.3) is 0 Å². The first-order chi connectivity index (χ1) is 13.1. The Labute approximate surface area is 159 Å². The molecule has 4 nitrogen and oxygen atoms in total. The van der Waals surface area contributed by atoms with Crippen molar-refractivity contribution in [3.63, 3.8) is 0 Å². The fourth-order valence-electron chi connectivity index (χ4n) is 3.35. The van der Waals surface area contributed by atoms with E-state index in [1.807, 2.05) is 54.6 Å². The quantitative estimate of drug-likeness (QED) is 0.670. The Kier molecular flexibility index (Phi) is 6.09. The van der Waals surface area contributed by atoms with Crippen molar-refractivity contribution in [1.82, 2.24) is 10.3 Å². The lowest BCUT2D eigenvalue weighted by Gasteiger charge is -2.15. The van der Waals surface area contributed by atoms with Crippen LogP contribution < -0.4 is 5.32 Å². The van der Waals surface area contributed by atoms with E-state index in [0.717, 1.165) is 27.6 Å². The van der Waals surface area contributed by atoms with Crippen molar-refractivity contribution in [3.05, 3.63) is 77.6 Å². The molecule has 3 aromatic rings. The number of hydrogen-bond acceptors (Lipinski definition) is 4. The van der Waals surface area contributed by atoms with Crippen molar-refractivity contribution >= 4 is 22.3 Å². The van der Waals surface area contributed by atoms with Gasteiger partial charge in [0.15, 0.2) is 5.78 Å². The van der Waals surface area contributed by atoms with E-state index in [-0.39, 0.29) is 17.6 Å². The van der Waals surface area contributed by atoms with Crippen LogP contribution in [0.15, 0.2) is 60.8 Å². The minimum Gasteiger partial charge on any atom is -0.310 e. The molecular formula is C23H24N2O2. The normalized spacial score (nSPS) is 12.1. The molecule has 1 aromatic heterocycles. The largest absolute Gasteiger partial charge is 0.310 e. The number of carbonyl (C=O) groups excluding carboxylic acids is 2. The van der Waals surface area contributed by atoms with Gasteiger partial charge in [-0.25, -0.2) is 0 Å². The second-order valence-corrected chi connectivity index (χ2v) is 6.86. The molecule has 27 heavy (non-hydrogen) atoms. The van der Waals surface area contributed by atoms with Crippen LogP contribution in [-0.4, -0.2) is 29.6 Å². The zero-order valence-electron chi connectivity index (χ0n) is 15.7. The summed E-state index contributed by atoms with van der Waals surface area (Å²) in [6.07, 6.45) is 3.07. The van der Waals surface area contributed by atoms with E-state index in [0.29, 0.717) is 19.3 Å². The van der Waals surface area contributed by atoms with Crippen LogP contribution in [0, 0.1) is 0 Å². The number of nitrogens with zero attached hydrogens (tertiary/aromatic N) is 1. The predicted molar refractivity (Wildman–Crippen MR) is 108 cm³/mol. The highest BCUT2D eigenvalue weighted by Crippen LogP contribution is 2.22. The van der Waals surface area contributed by atoms with Crippen LogP contribution in [0.2, 0.25) is 0 Å². The molecule has 138 valence electrons. The molecule has 0 fully saturated rings. The Bertz CT molecular complexity index is 951. The second kappa shape index (κ2) is 8.69. The van der Waals surface area contributed by atoms with Gasteiger partial charge in [-0.15, -0.1) is 0 Å². The molecule has 0 radical (unpaired) electrons. The molecule has 1 heterocycles. The fourth-order valence-corrected chi connectivity index (χ4v) is 3.35. The van der Waals surface area contributed by atoms with Crippen LogP contribution in [0.5, 0.6) is 0 Å². The van der Waals surface area contributed by atoms with Crippen molar-refractivity contribution in [3.8, 4) is 0 Å². The first-order valence-electron chi connectivity index (χ1n) is 9.16. The van der Waals surface area contributed by atoms with E-state index in [1.54, 1.807) is 20.2 Å². The van der Waals surface area contributed by atoms with Crippen LogP contribution in [-0.2, 0) is 28.9 Å². The van der Waals surface area contributed by atoms with E-state index < -0.39 is 0 Å². The van der Waals surface area contributed by atoms with Crippen LogP contribution in [0.1, 0.15) is 23.7 Å². The molecule has 0 unspecified atom stereocenters. The van der Waals surface area contributed by atoms with E-state index >= 15 is 0 Å². The maximum absolute atomic E-state index is 12.8. The molecule has 0 aliphatic rings. The first-order valence-corrected chi connectivity index (χ1v) is 9.16. The maximum atomic E-state index is 12.8.